The molecule has 12 atom stereocenters. The van der Waals surface area contributed by atoms with Gasteiger partial charge in [0.1, 0.15) is 17.3 Å². The highest BCUT2D eigenvalue weighted by molar-refractivity contribution is 5.95. The van der Waals surface area contributed by atoms with Crippen LogP contribution in [0.3, 0.4) is 0 Å². The van der Waals surface area contributed by atoms with Crippen LogP contribution in [0.1, 0.15) is 205 Å². The Morgan fingerprint density at radius 2 is 1.00 bits per heavy atom. The number of ether oxygens (including phenoxy) is 5. The monoisotopic (exact) mass is 1160 g/mol. The number of allylic oxidation sites excluding steroid dienone is 2. The van der Waals surface area contributed by atoms with Gasteiger partial charge in [0, 0.05) is 64.8 Å². The molecule has 6 fully saturated rings. The van der Waals surface area contributed by atoms with Gasteiger partial charge in [-0.05, 0) is 120 Å². The number of hydrogen-bond donors (Lipinski definition) is 1. The maximum absolute atomic E-state index is 14.2. The van der Waals surface area contributed by atoms with Crippen molar-refractivity contribution in [1.29, 1.82) is 0 Å². The second-order valence-electron chi connectivity index (χ2n) is 27.9. The highest BCUT2D eigenvalue weighted by Gasteiger charge is 2.70. The molecule has 1 N–H and O–H groups in total. The third kappa shape index (κ3) is 19.7. The number of carbonyl (C=O) groups is 9. The van der Waals surface area contributed by atoms with Crippen LogP contribution < -0.4 is 0 Å². The van der Waals surface area contributed by atoms with Crippen molar-refractivity contribution >= 4 is 52.9 Å². The first-order chi connectivity index (χ1) is 38.9. The lowest BCUT2D eigenvalue weighted by molar-refractivity contribution is -0.161. The molecule has 4 aliphatic heterocycles. The summed E-state index contributed by atoms with van der Waals surface area (Å²) in [5.41, 5.74) is -1.52. The summed E-state index contributed by atoms with van der Waals surface area (Å²) in [7, 11) is 0. The third-order valence-corrected chi connectivity index (χ3v) is 18.3. The molecule has 17 heteroatoms. The normalized spacial score (nSPS) is 29.9. The molecule has 6 rings (SSSR count). The molecule has 83 heavy (non-hydrogen) atoms. The number of nitrogens with zero attached hydrogens (tertiary/aromatic N) is 2. The van der Waals surface area contributed by atoms with E-state index in [2.05, 4.69) is 40.9 Å². The van der Waals surface area contributed by atoms with Gasteiger partial charge in [-0.2, -0.15) is 0 Å². The molecule has 0 aromatic rings. The molecule has 468 valence electrons. The van der Waals surface area contributed by atoms with E-state index in [0.29, 0.717) is 52.0 Å². The lowest BCUT2D eigenvalue weighted by atomic mass is 9.84. The van der Waals surface area contributed by atoms with Crippen LogP contribution in [0.2, 0.25) is 0 Å². The number of rotatable bonds is 15. The van der Waals surface area contributed by atoms with Crippen LogP contribution in [0.25, 0.3) is 0 Å². The van der Waals surface area contributed by atoms with Crippen LogP contribution in [0, 0.1) is 58.2 Å². The number of piperidine rings is 2. The van der Waals surface area contributed by atoms with Crippen LogP contribution in [0.15, 0.2) is 25.3 Å². The number of ketones is 4. The van der Waals surface area contributed by atoms with Crippen LogP contribution in [0.4, 0.5) is 0 Å². The molecule has 0 spiro atoms. The van der Waals surface area contributed by atoms with Crippen molar-refractivity contribution in [3.8, 4) is 0 Å². The summed E-state index contributed by atoms with van der Waals surface area (Å²) in [6, 6.07) is -1.29. The second-order valence-corrected chi connectivity index (χ2v) is 27.9. The van der Waals surface area contributed by atoms with Gasteiger partial charge >= 0.3 is 17.9 Å². The lowest BCUT2D eigenvalue weighted by Crippen LogP contribution is -2.50. The summed E-state index contributed by atoms with van der Waals surface area (Å²) in [5, 5.41) is 11.0. The first-order valence-electron chi connectivity index (χ1n) is 31.3. The largest absolute Gasteiger partial charge is 0.460 e. The summed E-state index contributed by atoms with van der Waals surface area (Å²) in [6.07, 6.45) is 12.5. The smallest absolute Gasteiger partial charge is 0.307 e. The fraction of sp³-hybridized carbons (Fsp3) is 0.803. The average molecular weight is 1170 g/mol. The fourth-order valence-electron chi connectivity index (χ4n) is 13.7. The van der Waals surface area contributed by atoms with Crippen molar-refractivity contribution in [2.24, 2.45) is 58.2 Å². The van der Waals surface area contributed by atoms with Gasteiger partial charge in [-0.15, -0.1) is 13.2 Å². The molecular weight excluding hydrogens is 1060 g/mol. The maximum atomic E-state index is 14.2. The van der Waals surface area contributed by atoms with Gasteiger partial charge in [-0.1, -0.05) is 91.2 Å². The highest BCUT2D eigenvalue weighted by atomic mass is 16.6. The average Bonchev–Trinajstić information content (AvgIpc) is 1.57. The predicted molar refractivity (Wildman–Crippen MR) is 314 cm³/mol. The fourth-order valence-corrected chi connectivity index (χ4v) is 13.7. The molecule has 0 bridgehead atoms. The van der Waals surface area contributed by atoms with E-state index in [1.807, 2.05) is 0 Å². The molecule has 17 nitrogen and oxygen atoms in total. The van der Waals surface area contributed by atoms with E-state index in [-0.39, 0.29) is 121 Å². The molecule has 2 aliphatic carbocycles. The zero-order chi connectivity index (χ0) is 61.6. The Morgan fingerprint density at radius 1 is 0.614 bits per heavy atom. The number of aliphatic hydroxyl groups excluding tert-OH is 1. The minimum atomic E-state index is -1.20. The Balaban J connectivity index is 0.000000305. The van der Waals surface area contributed by atoms with Gasteiger partial charge < -0.3 is 38.6 Å². The number of esters is 3. The van der Waals surface area contributed by atoms with Gasteiger partial charge in [0.2, 0.25) is 11.8 Å². The van der Waals surface area contributed by atoms with Gasteiger partial charge in [0.25, 0.3) is 0 Å². The molecule has 4 heterocycles. The summed E-state index contributed by atoms with van der Waals surface area (Å²) in [4.78, 5) is 123. The molecule has 2 unspecified atom stereocenters. The SMILES string of the molecule is C=CCCC(=O)C(O)[C@@H]1CCCCCCCOC[C@H](CC(=O)OC(C)(C)C)C(=O)N2C[C@H]3[C@@H]([C@H]2C(=O)C1)C3(C)C.C=CCCC(=O)C(OC(C)=O)[C@@H]1CCCCCCCOC[C@H](CC(=O)OC(C)(C)C)C(=O)N2C[C@H]3[C@@H]([C@H]2C(=O)C1)C3(C)C. The van der Waals surface area contributed by atoms with Gasteiger partial charge in [0.15, 0.2) is 29.2 Å². The number of carbonyl (C=O) groups excluding carboxylic acids is 9. The van der Waals surface area contributed by atoms with E-state index < -0.39 is 77.1 Å². The number of amides is 2. The molecule has 6 aliphatic rings. The standard InChI is InChI=1S/C34H53NO8.C32H51NO7/c1-8-9-16-26(37)31(42-22(2)36)23-15-13-11-10-12-14-17-41-21-24(19-28(39)43-33(3,4)5)32(40)35-20-25-29(34(25,6)7)30(35)27(38)18-23;1-7-8-15-24(34)29(37)21-14-12-10-9-11-13-16-39-20-22(18-26(36)40-31(2,3)4)30(38)33-19-23-27(32(23,5)6)28(33)25(35)17-21/h8,23-25,29-31H,1,9-21H2,2-7H3;7,21-23,27-29,37H,1,8-20H2,2-6H3/t23-,24+,25+,29+,30-,31?;21-,22+,23+,27+,28-,29?/m11/s1. The summed E-state index contributed by atoms with van der Waals surface area (Å²) >= 11 is 0. The summed E-state index contributed by atoms with van der Waals surface area (Å²) in [5.74, 6) is -4.74. The molecule has 4 saturated heterocycles. The van der Waals surface area contributed by atoms with E-state index in [4.69, 9.17) is 23.7 Å². The Kier molecular flexibility index (Phi) is 25.5. The van der Waals surface area contributed by atoms with E-state index in [1.54, 1.807) is 63.5 Å². The Morgan fingerprint density at radius 3 is 1.41 bits per heavy atom. The minimum absolute atomic E-state index is 0.00442. The van der Waals surface area contributed by atoms with Crippen LogP contribution in [-0.2, 0) is 66.8 Å². The first kappa shape index (κ1) is 69.2. The van der Waals surface area contributed by atoms with E-state index in [1.165, 1.54) is 6.92 Å². The van der Waals surface area contributed by atoms with E-state index in [9.17, 15) is 48.3 Å². The highest BCUT2D eigenvalue weighted by Crippen LogP contribution is 2.66. The zero-order valence-corrected chi connectivity index (χ0v) is 52.4. The van der Waals surface area contributed by atoms with Crippen molar-refractivity contribution in [1.82, 2.24) is 9.80 Å². The van der Waals surface area contributed by atoms with Gasteiger partial charge in [-0.3, -0.25) is 43.2 Å². The quantitative estimate of drug-likeness (QED) is 0.0914. The lowest BCUT2D eigenvalue weighted by Gasteiger charge is -2.34. The summed E-state index contributed by atoms with van der Waals surface area (Å²) < 4.78 is 28.4. The molecule has 2 saturated carbocycles. The van der Waals surface area contributed by atoms with Crippen LogP contribution in [-0.4, -0.2) is 143 Å². The number of hydrogen-bond acceptors (Lipinski definition) is 15. The molecular formula is C66H104N2O15. The first-order valence-corrected chi connectivity index (χ1v) is 31.3. The van der Waals surface area contributed by atoms with E-state index >= 15 is 0 Å². The van der Waals surface area contributed by atoms with Crippen LogP contribution in [0.5, 0.6) is 0 Å². The number of fused-ring (bicyclic) bond motifs is 6. The predicted octanol–water partition coefficient (Wildman–Crippen LogP) is 9.89. The molecule has 0 aromatic heterocycles. The minimum Gasteiger partial charge on any atom is -0.460 e. The maximum Gasteiger partial charge on any atom is 0.307 e. The molecule has 2 amide bonds. The van der Waals surface area contributed by atoms with Crippen molar-refractivity contribution in [3.05, 3.63) is 25.3 Å². The summed E-state index contributed by atoms with van der Waals surface area (Å²) in [6.45, 7) is 29.9. The van der Waals surface area contributed by atoms with Crippen molar-refractivity contribution in [2.45, 2.75) is 240 Å². The van der Waals surface area contributed by atoms with E-state index in [0.717, 1.165) is 64.2 Å². The van der Waals surface area contributed by atoms with Crippen LogP contribution >= 0.6 is 0 Å². The number of aliphatic hydroxyl groups is 1. The van der Waals surface area contributed by atoms with Crippen molar-refractivity contribution in [2.75, 3.05) is 39.5 Å². The Labute approximate surface area is 495 Å². The molecule has 0 radical (unpaired) electrons. The van der Waals surface area contributed by atoms with Crippen molar-refractivity contribution < 1.29 is 71.9 Å². The van der Waals surface area contributed by atoms with Gasteiger partial charge in [-0.25, -0.2) is 0 Å². The number of Topliss-reactive ketones (excluding diaryl/α,β-unsaturated/α-hetero) is 4. The second kappa shape index (κ2) is 30.6. The third-order valence-electron chi connectivity index (χ3n) is 18.3. The van der Waals surface area contributed by atoms with Gasteiger partial charge in [0.05, 0.1) is 50.0 Å². The van der Waals surface area contributed by atoms with Crippen molar-refractivity contribution in [3.63, 3.8) is 0 Å². The Hall–Kier alpha value is -4.61. The molecule has 0 aromatic carbocycles. The topological polar surface area (TPSA) is 226 Å². The zero-order valence-electron chi connectivity index (χ0n) is 52.4. The Bertz CT molecular complexity index is 2290.